The second kappa shape index (κ2) is 15.6. The van der Waals surface area contributed by atoms with E-state index in [2.05, 4.69) is 10.6 Å². The molecule has 0 aliphatic heterocycles. The van der Waals surface area contributed by atoms with Gasteiger partial charge in [0, 0.05) is 19.9 Å². The van der Waals surface area contributed by atoms with Crippen LogP contribution in [-0.4, -0.2) is 64.2 Å². The van der Waals surface area contributed by atoms with Gasteiger partial charge in [-0.15, -0.1) is 0 Å². The molecular weight excluding hydrogens is 598 g/mol. The van der Waals surface area contributed by atoms with Crippen molar-refractivity contribution in [2.45, 2.75) is 90.6 Å². The molecule has 0 bridgehead atoms. The van der Waals surface area contributed by atoms with Crippen molar-refractivity contribution in [1.82, 2.24) is 15.5 Å². The van der Waals surface area contributed by atoms with Gasteiger partial charge in [0.05, 0.1) is 0 Å². The number of ether oxygens (including phenoxy) is 2. The minimum Gasteiger partial charge on any atom is -0.508 e. The maximum atomic E-state index is 14.3. The zero-order chi connectivity index (χ0) is 34.9. The SMILES string of the molecule is Cc1cccc(C(C(=O)NC(Cc2ccccc2)C(=O)OC(C)(C)C)N(C)C(=O)C(Cc2ccc(O)cc2)NC(=O)OC(C)(C)C)c1. The predicted octanol–water partition coefficient (Wildman–Crippen LogP) is 5.41. The van der Waals surface area contributed by atoms with Gasteiger partial charge in [-0.3, -0.25) is 9.59 Å². The Kier molecular flexibility index (Phi) is 12.2. The van der Waals surface area contributed by atoms with E-state index in [0.29, 0.717) is 11.1 Å². The monoisotopic (exact) mass is 645 g/mol. The lowest BCUT2D eigenvalue weighted by molar-refractivity contribution is -0.159. The number of carbonyl (C=O) groups is 4. The van der Waals surface area contributed by atoms with Crippen molar-refractivity contribution in [2.75, 3.05) is 7.05 Å². The quantitative estimate of drug-likeness (QED) is 0.238. The lowest BCUT2D eigenvalue weighted by atomic mass is 9.99. The number of phenols is 1. The second-order valence-corrected chi connectivity index (χ2v) is 13.6. The zero-order valence-electron chi connectivity index (χ0n) is 28.5. The van der Waals surface area contributed by atoms with E-state index in [0.717, 1.165) is 11.1 Å². The Hall–Kier alpha value is -4.86. The van der Waals surface area contributed by atoms with E-state index < -0.39 is 53.2 Å². The fraction of sp³-hybridized carbons (Fsp3) is 0.405. The molecule has 0 aromatic heterocycles. The number of aromatic hydroxyl groups is 1. The number of nitrogens with one attached hydrogen (secondary N) is 2. The molecule has 0 spiro atoms. The number of aryl methyl sites for hydroxylation is 1. The van der Waals surface area contributed by atoms with E-state index in [1.165, 1.54) is 24.1 Å². The Bertz CT molecular complexity index is 1530. The smallest absolute Gasteiger partial charge is 0.408 e. The molecule has 0 saturated heterocycles. The van der Waals surface area contributed by atoms with Crippen LogP contribution in [0.3, 0.4) is 0 Å². The highest BCUT2D eigenvalue weighted by atomic mass is 16.6. The molecular formula is C37H47N3O7. The van der Waals surface area contributed by atoms with Gasteiger partial charge in [0.2, 0.25) is 11.8 Å². The minimum absolute atomic E-state index is 0.0550. The molecule has 0 fully saturated rings. The molecule has 0 heterocycles. The van der Waals surface area contributed by atoms with Crippen LogP contribution in [0.25, 0.3) is 0 Å². The Morgan fingerprint density at radius 1 is 0.745 bits per heavy atom. The Balaban J connectivity index is 2.00. The lowest BCUT2D eigenvalue weighted by Gasteiger charge is -2.33. The van der Waals surface area contributed by atoms with Crippen LogP contribution in [0.5, 0.6) is 5.75 Å². The summed E-state index contributed by atoms with van der Waals surface area (Å²) in [5.74, 6) is -1.72. The number of amides is 3. The van der Waals surface area contributed by atoms with E-state index in [1.54, 1.807) is 71.9 Å². The molecule has 47 heavy (non-hydrogen) atoms. The Morgan fingerprint density at radius 2 is 1.32 bits per heavy atom. The highest BCUT2D eigenvalue weighted by molar-refractivity contribution is 5.94. The lowest BCUT2D eigenvalue weighted by Crippen LogP contribution is -2.54. The van der Waals surface area contributed by atoms with Crippen molar-refractivity contribution in [1.29, 1.82) is 0 Å². The van der Waals surface area contributed by atoms with Gasteiger partial charge in [-0.05, 0) is 77.3 Å². The fourth-order valence-electron chi connectivity index (χ4n) is 4.95. The van der Waals surface area contributed by atoms with Crippen molar-refractivity contribution in [3.63, 3.8) is 0 Å². The first-order valence-electron chi connectivity index (χ1n) is 15.6. The number of carbonyl (C=O) groups excluding carboxylic acids is 4. The molecule has 0 aliphatic rings. The van der Waals surface area contributed by atoms with E-state index in [1.807, 2.05) is 43.3 Å². The maximum Gasteiger partial charge on any atom is 0.408 e. The summed E-state index contributed by atoms with van der Waals surface area (Å²) >= 11 is 0. The Labute approximate surface area is 277 Å². The normalized spacial score (nSPS) is 13.4. The van der Waals surface area contributed by atoms with E-state index in [-0.39, 0.29) is 18.6 Å². The number of nitrogens with zero attached hydrogens (tertiary/aromatic N) is 1. The molecule has 3 N–H and O–H groups in total. The molecule has 3 atom stereocenters. The fourth-order valence-corrected chi connectivity index (χ4v) is 4.95. The summed E-state index contributed by atoms with van der Waals surface area (Å²) in [6.45, 7) is 12.3. The number of alkyl carbamates (subject to hydrolysis) is 1. The third-order valence-electron chi connectivity index (χ3n) is 7.00. The van der Waals surface area contributed by atoms with Crippen LogP contribution in [0.2, 0.25) is 0 Å². The largest absolute Gasteiger partial charge is 0.508 e. The number of rotatable bonds is 11. The summed E-state index contributed by atoms with van der Waals surface area (Å²) in [5.41, 5.74) is 1.24. The topological polar surface area (TPSA) is 134 Å². The molecule has 0 radical (unpaired) electrons. The molecule has 3 unspecified atom stereocenters. The van der Waals surface area contributed by atoms with Gasteiger partial charge in [-0.1, -0.05) is 72.3 Å². The summed E-state index contributed by atoms with van der Waals surface area (Å²) in [5, 5.41) is 15.3. The van der Waals surface area contributed by atoms with Gasteiger partial charge in [-0.2, -0.15) is 0 Å². The molecule has 3 amide bonds. The van der Waals surface area contributed by atoms with Crippen LogP contribution in [0, 0.1) is 6.92 Å². The summed E-state index contributed by atoms with van der Waals surface area (Å²) < 4.78 is 11.1. The Morgan fingerprint density at radius 3 is 1.89 bits per heavy atom. The van der Waals surface area contributed by atoms with Crippen LogP contribution in [0.15, 0.2) is 78.9 Å². The molecule has 10 nitrogen and oxygen atoms in total. The van der Waals surface area contributed by atoms with Crippen molar-refractivity contribution in [2.24, 2.45) is 0 Å². The van der Waals surface area contributed by atoms with Gasteiger partial charge < -0.3 is 30.1 Å². The van der Waals surface area contributed by atoms with Crippen molar-refractivity contribution >= 4 is 23.9 Å². The van der Waals surface area contributed by atoms with Crippen molar-refractivity contribution < 1.29 is 33.8 Å². The highest BCUT2D eigenvalue weighted by Gasteiger charge is 2.37. The van der Waals surface area contributed by atoms with Gasteiger partial charge in [0.1, 0.15) is 35.1 Å². The van der Waals surface area contributed by atoms with Crippen LogP contribution < -0.4 is 10.6 Å². The number of esters is 1. The van der Waals surface area contributed by atoms with E-state index in [4.69, 9.17) is 9.47 Å². The summed E-state index contributed by atoms with van der Waals surface area (Å²) in [7, 11) is 1.48. The average molecular weight is 646 g/mol. The number of benzene rings is 3. The third-order valence-corrected chi connectivity index (χ3v) is 7.00. The summed E-state index contributed by atoms with van der Waals surface area (Å²) in [6.07, 6.45) is -0.574. The first kappa shape index (κ1) is 36.6. The predicted molar refractivity (Wildman–Crippen MR) is 180 cm³/mol. The highest BCUT2D eigenvalue weighted by Crippen LogP contribution is 2.24. The van der Waals surface area contributed by atoms with Gasteiger partial charge in [0.15, 0.2) is 0 Å². The molecule has 252 valence electrons. The molecule has 3 aromatic carbocycles. The van der Waals surface area contributed by atoms with Crippen LogP contribution in [-0.2, 0) is 36.7 Å². The van der Waals surface area contributed by atoms with Crippen molar-refractivity contribution in [3.05, 3.63) is 101 Å². The second-order valence-electron chi connectivity index (χ2n) is 13.6. The van der Waals surface area contributed by atoms with Gasteiger partial charge in [-0.25, -0.2) is 9.59 Å². The number of hydrogen-bond acceptors (Lipinski definition) is 7. The molecule has 0 saturated carbocycles. The number of phenolic OH excluding ortho intramolecular Hbond substituents is 1. The molecule has 3 rings (SSSR count). The van der Waals surface area contributed by atoms with E-state index >= 15 is 0 Å². The van der Waals surface area contributed by atoms with Crippen LogP contribution in [0.1, 0.15) is 69.8 Å². The minimum atomic E-state index is -1.18. The summed E-state index contributed by atoms with van der Waals surface area (Å²) in [4.78, 5) is 56.0. The van der Waals surface area contributed by atoms with Gasteiger partial charge >= 0.3 is 12.1 Å². The first-order chi connectivity index (χ1) is 21.9. The van der Waals surface area contributed by atoms with Crippen LogP contribution >= 0.6 is 0 Å². The summed E-state index contributed by atoms with van der Waals surface area (Å²) in [6, 6.07) is 19.3. The maximum absolute atomic E-state index is 14.3. The van der Waals surface area contributed by atoms with Gasteiger partial charge in [0.25, 0.3) is 0 Å². The number of likely N-dealkylation sites (N-methyl/N-ethyl adjacent to an activating group) is 1. The van der Waals surface area contributed by atoms with E-state index in [9.17, 15) is 24.3 Å². The third kappa shape index (κ3) is 11.8. The standard InChI is InChI=1S/C37H47N3O7/c1-24-13-12-16-27(21-24)31(32(42)38-30(34(44)46-36(2,3)4)23-25-14-10-9-11-15-25)40(8)33(43)29(39-35(45)47-37(5,6)7)22-26-17-19-28(41)20-18-26/h9-21,29-31,41H,22-23H2,1-8H3,(H,38,42)(H,39,45). The molecule has 10 heteroatoms. The zero-order valence-corrected chi connectivity index (χ0v) is 28.5. The van der Waals surface area contributed by atoms with Crippen molar-refractivity contribution in [3.8, 4) is 5.75 Å². The van der Waals surface area contributed by atoms with Crippen LogP contribution in [0.4, 0.5) is 4.79 Å². The molecule has 0 aliphatic carbocycles. The molecule has 3 aromatic rings. The first-order valence-corrected chi connectivity index (χ1v) is 15.6. The average Bonchev–Trinajstić information content (AvgIpc) is 2.96. The number of hydrogen-bond donors (Lipinski definition) is 3.